The van der Waals surface area contributed by atoms with Crippen molar-refractivity contribution >= 4 is 29.2 Å². The Hall–Kier alpha value is -2.57. The number of benzene rings is 2. The molecule has 2 rings (SSSR count). The Morgan fingerprint density at radius 3 is 2.50 bits per heavy atom. The molecule has 28 heavy (non-hydrogen) atoms. The molecule has 0 bridgehead atoms. The van der Waals surface area contributed by atoms with Gasteiger partial charge in [0.25, 0.3) is 0 Å². The predicted octanol–water partition coefficient (Wildman–Crippen LogP) is 3.66. The lowest BCUT2D eigenvalue weighted by Crippen LogP contribution is -2.37. The average molecular weight is 405 g/mol. The van der Waals surface area contributed by atoms with Crippen LogP contribution in [-0.2, 0) is 20.9 Å². The minimum absolute atomic E-state index is 0.0208. The lowest BCUT2D eigenvalue weighted by atomic mass is 10.2. The summed E-state index contributed by atoms with van der Waals surface area (Å²) >= 11 is 6.11. The van der Waals surface area contributed by atoms with Crippen LogP contribution < -0.4 is 10.1 Å². The molecule has 0 aliphatic rings. The zero-order valence-corrected chi connectivity index (χ0v) is 17.1. The van der Waals surface area contributed by atoms with Crippen molar-refractivity contribution in [2.45, 2.75) is 20.4 Å². The summed E-state index contributed by atoms with van der Waals surface area (Å²) in [5, 5.41) is 3.39. The topological polar surface area (TPSA) is 67.9 Å². The smallest absolute Gasteiger partial charge is 0.320 e. The zero-order valence-electron chi connectivity index (χ0n) is 16.3. The van der Waals surface area contributed by atoms with Crippen LogP contribution in [0.5, 0.6) is 5.75 Å². The van der Waals surface area contributed by atoms with Crippen molar-refractivity contribution in [2.75, 3.05) is 32.1 Å². The maximum atomic E-state index is 12.6. The van der Waals surface area contributed by atoms with Gasteiger partial charge in [-0.15, -0.1) is 0 Å². The summed E-state index contributed by atoms with van der Waals surface area (Å²) in [7, 11) is 1.51. The van der Waals surface area contributed by atoms with Crippen LogP contribution in [0.2, 0.25) is 5.02 Å². The fourth-order valence-corrected chi connectivity index (χ4v) is 2.87. The summed E-state index contributed by atoms with van der Waals surface area (Å²) in [6.07, 6.45) is 0. The number of hydrogen-bond acceptors (Lipinski definition) is 5. The van der Waals surface area contributed by atoms with Gasteiger partial charge in [-0.05, 0) is 31.0 Å². The molecule has 7 heteroatoms. The largest absolute Gasteiger partial charge is 0.495 e. The number of anilines is 1. The molecule has 1 amide bonds. The number of hydrogen-bond donors (Lipinski definition) is 1. The lowest BCUT2D eigenvalue weighted by molar-refractivity contribution is -0.144. The number of aryl methyl sites for hydroxylation is 1. The molecule has 1 N–H and O–H groups in total. The summed E-state index contributed by atoms with van der Waals surface area (Å²) < 4.78 is 10.3. The van der Waals surface area contributed by atoms with E-state index in [1.165, 1.54) is 7.11 Å². The average Bonchev–Trinajstić information content (AvgIpc) is 2.65. The summed E-state index contributed by atoms with van der Waals surface area (Å²) in [6.45, 7) is 4.39. The number of halogens is 1. The van der Waals surface area contributed by atoms with E-state index in [1.807, 2.05) is 37.3 Å². The third kappa shape index (κ3) is 6.55. The molecule has 2 aromatic rings. The molecule has 0 heterocycles. The molecule has 0 unspecified atom stereocenters. The Morgan fingerprint density at radius 1 is 1.14 bits per heavy atom. The van der Waals surface area contributed by atoms with E-state index in [4.69, 9.17) is 21.1 Å². The van der Waals surface area contributed by atoms with Crippen molar-refractivity contribution in [2.24, 2.45) is 0 Å². The van der Waals surface area contributed by atoms with E-state index < -0.39 is 0 Å². The fraction of sp³-hybridized carbons (Fsp3) is 0.333. The summed E-state index contributed by atoms with van der Waals surface area (Å²) in [5.74, 6) is -0.157. The lowest BCUT2D eigenvalue weighted by Gasteiger charge is -2.21. The molecule has 0 atom stereocenters. The highest BCUT2D eigenvalue weighted by Gasteiger charge is 2.17. The van der Waals surface area contributed by atoms with E-state index in [0.717, 1.165) is 11.1 Å². The minimum atomic E-state index is -0.369. The first-order valence-electron chi connectivity index (χ1n) is 8.98. The Morgan fingerprint density at radius 2 is 1.86 bits per heavy atom. The van der Waals surface area contributed by atoms with E-state index in [9.17, 15) is 9.59 Å². The van der Waals surface area contributed by atoms with E-state index in [1.54, 1.807) is 24.0 Å². The normalized spacial score (nSPS) is 10.6. The van der Waals surface area contributed by atoms with Crippen molar-refractivity contribution in [1.82, 2.24) is 4.90 Å². The van der Waals surface area contributed by atoms with Crippen LogP contribution in [0.25, 0.3) is 0 Å². The molecule has 0 aliphatic heterocycles. The van der Waals surface area contributed by atoms with Crippen molar-refractivity contribution in [3.05, 3.63) is 58.6 Å². The van der Waals surface area contributed by atoms with Gasteiger partial charge < -0.3 is 14.8 Å². The molecular weight excluding hydrogens is 380 g/mol. The third-order valence-electron chi connectivity index (χ3n) is 4.03. The molecule has 0 fully saturated rings. The van der Waals surface area contributed by atoms with E-state index >= 15 is 0 Å². The van der Waals surface area contributed by atoms with Gasteiger partial charge in [0.2, 0.25) is 5.91 Å². The second kappa shape index (κ2) is 10.7. The van der Waals surface area contributed by atoms with Crippen LogP contribution in [0.15, 0.2) is 42.5 Å². The van der Waals surface area contributed by atoms with Crippen LogP contribution in [0.4, 0.5) is 5.69 Å². The number of rotatable bonds is 9. The van der Waals surface area contributed by atoms with Gasteiger partial charge in [-0.2, -0.15) is 0 Å². The Balaban J connectivity index is 2.10. The molecule has 6 nitrogen and oxygen atoms in total. The van der Waals surface area contributed by atoms with Crippen molar-refractivity contribution in [3.8, 4) is 5.75 Å². The van der Waals surface area contributed by atoms with Crippen LogP contribution in [0.3, 0.4) is 0 Å². The first-order valence-corrected chi connectivity index (χ1v) is 9.36. The molecular formula is C21H25ClN2O4. The van der Waals surface area contributed by atoms with Gasteiger partial charge in [0, 0.05) is 17.6 Å². The fourth-order valence-electron chi connectivity index (χ4n) is 2.72. The van der Waals surface area contributed by atoms with E-state index in [0.29, 0.717) is 29.6 Å². The SMILES string of the molecule is CCOC(=O)CN(CC(=O)Nc1cc(C)c(Cl)cc1OC)Cc1ccccc1. The zero-order chi connectivity index (χ0) is 20.5. The Kier molecular flexibility index (Phi) is 8.29. The number of amides is 1. The monoisotopic (exact) mass is 404 g/mol. The molecule has 0 aromatic heterocycles. The quantitative estimate of drug-likeness (QED) is 0.646. The van der Waals surface area contributed by atoms with Gasteiger partial charge >= 0.3 is 5.97 Å². The number of nitrogens with zero attached hydrogens (tertiary/aromatic N) is 1. The van der Waals surface area contributed by atoms with Gasteiger partial charge in [0.1, 0.15) is 5.75 Å². The summed E-state index contributed by atoms with van der Waals surface area (Å²) in [4.78, 5) is 26.3. The van der Waals surface area contributed by atoms with Crippen molar-refractivity contribution < 1.29 is 19.1 Å². The van der Waals surface area contributed by atoms with Crippen molar-refractivity contribution in [1.29, 1.82) is 0 Å². The molecule has 0 saturated carbocycles. The van der Waals surface area contributed by atoms with E-state index in [-0.39, 0.29) is 25.0 Å². The summed E-state index contributed by atoms with van der Waals surface area (Å²) in [6, 6.07) is 13.1. The molecule has 0 radical (unpaired) electrons. The standard InChI is InChI=1S/C21H25ClN2O4/c1-4-28-21(26)14-24(12-16-8-6-5-7-9-16)13-20(25)23-18-10-15(2)17(22)11-19(18)27-3/h5-11H,4,12-14H2,1-3H3,(H,23,25). The number of carbonyl (C=O) groups excluding carboxylic acids is 2. The van der Waals surface area contributed by atoms with Crippen LogP contribution in [0, 0.1) is 6.92 Å². The van der Waals surface area contributed by atoms with Gasteiger partial charge in [-0.1, -0.05) is 41.9 Å². The molecule has 150 valence electrons. The molecule has 0 saturated heterocycles. The number of carbonyl (C=O) groups is 2. The molecule has 2 aromatic carbocycles. The maximum Gasteiger partial charge on any atom is 0.320 e. The van der Waals surface area contributed by atoms with Crippen LogP contribution in [0.1, 0.15) is 18.1 Å². The number of methoxy groups -OCH3 is 1. The number of nitrogens with one attached hydrogen (secondary N) is 1. The highest BCUT2D eigenvalue weighted by Crippen LogP contribution is 2.30. The van der Waals surface area contributed by atoms with Crippen LogP contribution >= 0.6 is 11.6 Å². The van der Waals surface area contributed by atoms with Crippen LogP contribution in [-0.4, -0.2) is 43.6 Å². The first kappa shape index (κ1) is 21.7. The Bertz CT molecular complexity index is 812. The second-order valence-electron chi connectivity index (χ2n) is 6.29. The van der Waals surface area contributed by atoms with Gasteiger partial charge in [0.05, 0.1) is 32.5 Å². The third-order valence-corrected chi connectivity index (χ3v) is 4.44. The minimum Gasteiger partial charge on any atom is -0.495 e. The number of ether oxygens (including phenoxy) is 2. The predicted molar refractivity (Wildman–Crippen MR) is 110 cm³/mol. The summed E-state index contributed by atoms with van der Waals surface area (Å²) in [5.41, 5.74) is 2.36. The van der Waals surface area contributed by atoms with Gasteiger partial charge in [0.15, 0.2) is 0 Å². The van der Waals surface area contributed by atoms with Gasteiger partial charge in [-0.3, -0.25) is 14.5 Å². The second-order valence-corrected chi connectivity index (χ2v) is 6.69. The first-order chi connectivity index (χ1) is 13.4. The van der Waals surface area contributed by atoms with Crippen molar-refractivity contribution in [3.63, 3.8) is 0 Å². The number of esters is 1. The highest BCUT2D eigenvalue weighted by molar-refractivity contribution is 6.31. The Labute approximate surface area is 170 Å². The maximum absolute atomic E-state index is 12.6. The van der Waals surface area contributed by atoms with Gasteiger partial charge in [-0.25, -0.2) is 0 Å². The molecule has 0 spiro atoms. The highest BCUT2D eigenvalue weighted by atomic mass is 35.5. The van der Waals surface area contributed by atoms with E-state index in [2.05, 4.69) is 5.32 Å². The molecule has 0 aliphatic carbocycles.